The number of pyridine rings is 2. The molecule has 0 bridgehead atoms. The smallest absolute Gasteiger partial charge is 0.326 e. The van der Waals surface area contributed by atoms with E-state index in [1.54, 1.807) is 23.5 Å². The highest BCUT2D eigenvalue weighted by molar-refractivity contribution is 6.06. The minimum Gasteiger partial charge on any atom is -0.480 e. The molecule has 1 N–H and O–H groups in total. The number of hydrogen-bond acceptors (Lipinski definition) is 11. The molecular formula is C36H34N6O6. The minimum atomic E-state index is -0.968. The molecule has 3 saturated heterocycles. The normalized spacial score (nSPS) is 21.7. The van der Waals surface area contributed by atoms with Crippen LogP contribution in [0, 0.1) is 11.8 Å². The molecule has 0 amide bonds. The van der Waals surface area contributed by atoms with E-state index < -0.39 is 23.7 Å². The maximum absolute atomic E-state index is 12.7. The lowest BCUT2D eigenvalue weighted by Crippen LogP contribution is -2.68. The summed E-state index contributed by atoms with van der Waals surface area (Å²) in [4.78, 5) is 35.2. The second-order valence-corrected chi connectivity index (χ2v) is 12.4. The number of morpholine rings is 1. The van der Waals surface area contributed by atoms with E-state index in [0.29, 0.717) is 67.0 Å². The number of ether oxygens (including phenoxy) is 3. The standard InChI is InChI=1S/C36H34N6O6/c1-3-30-39-31-26-8-4-5-9-29(26)48-32(31)33(40-30)42-19-25(16-28(42)35(43)44)47-34-27(41-13-14-46-36(22(41)2)20-45-21-36)15-24(18-38-34)11-10-23-7-6-12-37-17-23/h4-9,12,15,17-18,22,25,28H,3,13-14,16,19-21H2,1-2H3,(H,43,44)/t22-,25-,28-/m0/s1. The molecule has 1 aromatic carbocycles. The first-order chi connectivity index (χ1) is 23.4. The van der Waals surface area contributed by atoms with Crippen LogP contribution >= 0.6 is 0 Å². The highest BCUT2D eigenvalue weighted by atomic mass is 16.6. The number of nitrogens with zero attached hydrogens (tertiary/aromatic N) is 6. The first-order valence-corrected chi connectivity index (χ1v) is 16.2. The maximum atomic E-state index is 12.7. The van der Waals surface area contributed by atoms with Crippen molar-refractivity contribution in [2.45, 2.75) is 50.5 Å². The zero-order valence-corrected chi connectivity index (χ0v) is 26.6. The van der Waals surface area contributed by atoms with Crippen molar-refractivity contribution in [3.8, 4) is 17.7 Å². The van der Waals surface area contributed by atoms with Gasteiger partial charge in [-0.2, -0.15) is 0 Å². The molecule has 8 rings (SSSR count). The van der Waals surface area contributed by atoms with Gasteiger partial charge in [-0.05, 0) is 37.3 Å². The number of carboxylic acids is 1. The van der Waals surface area contributed by atoms with Crippen LogP contribution in [0.1, 0.15) is 37.2 Å². The number of anilines is 2. The van der Waals surface area contributed by atoms with Crippen LogP contribution in [-0.2, 0) is 20.7 Å². The summed E-state index contributed by atoms with van der Waals surface area (Å²) in [5.74, 6) is 6.88. The van der Waals surface area contributed by atoms with E-state index in [9.17, 15) is 9.90 Å². The fourth-order valence-electron chi connectivity index (χ4n) is 6.77. The predicted molar refractivity (Wildman–Crippen MR) is 177 cm³/mol. The van der Waals surface area contributed by atoms with E-state index in [2.05, 4.69) is 28.6 Å². The molecule has 0 aliphatic carbocycles. The Labute approximate surface area is 276 Å². The second-order valence-electron chi connectivity index (χ2n) is 12.4. The number of benzene rings is 1. The highest BCUT2D eigenvalue weighted by Crippen LogP contribution is 2.40. The molecule has 0 radical (unpaired) electrons. The lowest BCUT2D eigenvalue weighted by Gasteiger charge is -2.53. The number of carboxylic acid groups (broad SMARTS) is 1. The monoisotopic (exact) mass is 646 g/mol. The van der Waals surface area contributed by atoms with Crippen molar-refractivity contribution < 1.29 is 28.5 Å². The fraction of sp³-hybridized carbons (Fsp3) is 0.361. The molecule has 48 heavy (non-hydrogen) atoms. The maximum Gasteiger partial charge on any atom is 0.326 e. The molecule has 0 unspecified atom stereocenters. The summed E-state index contributed by atoms with van der Waals surface area (Å²) < 4.78 is 24.6. The number of aliphatic carboxylic acids is 1. The van der Waals surface area contributed by atoms with Gasteiger partial charge in [-0.1, -0.05) is 30.9 Å². The predicted octanol–water partition coefficient (Wildman–Crippen LogP) is 4.23. The van der Waals surface area contributed by atoms with Crippen LogP contribution in [0.15, 0.2) is 65.5 Å². The molecule has 3 atom stereocenters. The largest absolute Gasteiger partial charge is 0.480 e. The second kappa shape index (κ2) is 12.1. The molecule has 12 heteroatoms. The average Bonchev–Trinajstić information content (AvgIpc) is 3.69. The van der Waals surface area contributed by atoms with Gasteiger partial charge in [-0.25, -0.2) is 19.7 Å². The highest BCUT2D eigenvalue weighted by Gasteiger charge is 2.50. The van der Waals surface area contributed by atoms with Gasteiger partial charge in [0.25, 0.3) is 0 Å². The molecule has 5 aromatic rings. The van der Waals surface area contributed by atoms with E-state index in [4.69, 9.17) is 33.6 Å². The minimum absolute atomic E-state index is 0.0209. The van der Waals surface area contributed by atoms with Gasteiger partial charge in [0.15, 0.2) is 11.4 Å². The first kappa shape index (κ1) is 30.1. The Hall–Kier alpha value is -5.25. The van der Waals surface area contributed by atoms with Crippen molar-refractivity contribution >= 4 is 39.5 Å². The van der Waals surface area contributed by atoms with E-state index in [0.717, 1.165) is 22.2 Å². The van der Waals surface area contributed by atoms with Gasteiger partial charge >= 0.3 is 5.97 Å². The summed E-state index contributed by atoms with van der Waals surface area (Å²) in [6.07, 6.45) is 5.43. The molecule has 1 spiro atoms. The number of rotatable bonds is 6. The van der Waals surface area contributed by atoms with Crippen LogP contribution < -0.4 is 14.5 Å². The van der Waals surface area contributed by atoms with Crippen LogP contribution in [0.5, 0.6) is 5.88 Å². The average molecular weight is 647 g/mol. The van der Waals surface area contributed by atoms with E-state index in [1.807, 2.05) is 49.4 Å². The number of aryl methyl sites for hydroxylation is 1. The first-order valence-electron chi connectivity index (χ1n) is 16.2. The molecule has 0 saturated carbocycles. The number of carbonyl (C=O) groups is 1. The Kier molecular flexibility index (Phi) is 7.58. The number of hydrogen-bond donors (Lipinski definition) is 1. The third-order valence-electron chi connectivity index (χ3n) is 9.46. The summed E-state index contributed by atoms with van der Waals surface area (Å²) >= 11 is 0. The molecule has 7 heterocycles. The quantitative estimate of drug-likeness (QED) is 0.265. The SMILES string of the molecule is CCc1nc(N2C[C@@H](Oc3ncc(C#Cc4cccnc4)cc3N3CCOC4(COC4)[C@@H]3C)C[C@H]2C(=O)O)c2oc3ccccc3c2n1. The van der Waals surface area contributed by atoms with Crippen molar-refractivity contribution in [1.82, 2.24) is 19.9 Å². The summed E-state index contributed by atoms with van der Waals surface area (Å²) in [5.41, 5.74) is 3.68. The summed E-state index contributed by atoms with van der Waals surface area (Å²) in [7, 11) is 0. The third-order valence-corrected chi connectivity index (χ3v) is 9.46. The molecule has 3 aliphatic heterocycles. The Morgan fingerprint density at radius 1 is 1.10 bits per heavy atom. The number of aromatic nitrogens is 4. The number of para-hydroxylation sites is 1. The third kappa shape index (κ3) is 5.25. The van der Waals surface area contributed by atoms with Crippen molar-refractivity contribution in [2.24, 2.45) is 0 Å². The van der Waals surface area contributed by atoms with Crippen LogP contribution in [0.25, 0.3) is 22.1 Å². The van der Waals surface area contributed by atoms with Gasteiger partial charge in [-0.15, -0.1) is 0 Å². The van der Waals surface area contributed by atoms with Crippen LogP contribution in [0.4, 0.5) is 11.5 Å². The fourth-order valence-corrected chi connectivity index (χ4v) is 6.77. The van der Waals surface area contributed by atoms with Crippen molar-refractivity contribution in [2.75, 3.05) is 42.7 Å². The lowest BCUT2D eigenvalue weighted by molar-refractivity contribution is -0.228. The Morgan fingerprint density at radius 3 is 2.73 bits per heavy atom. The van der Waals surface area contributed by atoms with Crippen LogP contribution in [-0.4, -0.2) is 87.7 Å². The molecular weight excluding hydrogens is 612 g/mol. The van der Waals surface area contributed by atoms with Crippen LogP contribution in [0.2, 0.25) is 0 Å². The topological polar surface area (TPSA) is 136 Å². The Morgan fingerprint density at radius 2 is 1.96 bits per heavy atom. The van der Waals surface area contributed by atoms with E-state index in [1.165, 1.54) is 0 Å². The molecule has 3 aliphatic rings. The lowest BCUT2D eigenvalue weighted by atomic mass is 9.90. The van der Waals surface area contributed by atoms with Gasteiger partial charge in [0.1, 0.15) is 40.4 Å². The zero-order chi connectivity index (χ0) is 32.8. The zero-order valence-electron chi connectivity index (χ0n) is 26.6. The number of furan rings is 1. The Bertz CT molecular complexity index is 2070. The van der Waals surface area contributed by atoms with Crippen molar-refractivity contribution in [1.29, 1.82) is 0 Å². The van der Waals surface area contributed by atoms with Gasteiger partial charge in [-0.3, -0.25) is 4.98 Å². The van der Waals surface area contributed by atoms with Crippen molar-refractivity contribution in [3.05, 3.63) is 78.0 Å². The van der Waals surface area contributed by atoms with Gasteiger partial charge < -0.3 is 33.5 Å². The summed E-state index contributed by atoms with van der Waals surface area (Å²) in [6.45, 7) is 6.54. The van der Waals surface area contributed by atoms with Crippen LogP contribution in [0.3, 0.4) is 0 Å². The van der Waals surface area contributed by atoms with E-state index in [-0.39, 0.29) is 19.0 Å². The molecule has 244 valence electrons. The van der Waals surface area contributed by atoms with Crippen molar-refractivity contribution in [3.63, 3.8) is 0 Å². The Balaban J connectivity index is 1.15. The summed E-state index contributed by atoms with van der Waals surface area (Å²) in [5, 5.41) is 11.3. The number of fused-ring (bicyclic) bond motifs is 3. The van der Waals surface area contributed by atoms with Gasteiger partial charge in [0, 0.05) is 54.5 Å². The summed E-state index contributed by atoms with van der Waals surface area (Å²) in [6, 6.07) is 12.5. The molecule has 12 nitrogen and oxygen atoms in total. The molecule has 4 aromatic heterocycles. The van der Waals surface area contributed by atoms with Gasteiger partial charge in [0.05, 0.1) is 32.4 Å². The van der Waals surface area contributed by atoms with E-state index >= 15 is 0 Å². The molecule has 3 fully saturated rings. The van der Waals surface area contributed by atoms with Gasteiger partial charge in [0.2, 0.25) is 5.88 Å².